The molecule has 0 saturated heterocycles. The number of rotatable bonds is 4. The molecule has 1 unspecified atom stereocenters. The van der Waals surface area contributed by atoms with Crippen LogP contribution in [0.4, 0.5) is 0 Å². The summed E-state index contributed by atoms with van der Waals surface area (Å²) in [5, 5.41) is 0. The van der Waals surface area contributed by atoms with Crippen molar-refractivity contribution in [1.29, 1.82) is 0 Å². The summed E-state index contributed by atoms with van der Waals surface area (Å²) in [5.74, 6) is 0. The summed E-state index contributed by atoms with van der Waals surface area (Å²) in [6.07, 6.45) is 3.55. The van der Waals surface area contributed by atoms with Crippen LogP contribution >= 0.6 is 0 Å². The lowest BCUT2D eigenvalue weighted by atomic mass is 9.99. The van der Waals surface area contributed by atoms with Gasteiger partial charge in [-0.15, -0.1) is 0 Å². The molecule has 0 aliphatic heterocycles. The molecule has 1 atom stereocenters. The van der Waals surface area contributed by atoms with Gasteiger partial charge in [0.1, 0.15) is 0 Å². The SMILES string of the molecule is Cc1cc(C)cc(CC(N)Cc2ccccn2)c1. The zero-order valence-corrected chi connectivity index (χ0v) is 11.1. The van der Waals surface area contributed by atoms with Crippen molar-refractivity contribution in [1.82, 2.24) is 4.98 Å². The van der Waals surface area contributed by atoms with Crippen LogP contribution < -0.4 is 5.73 Å². The minimum absolute atomic E-state index is 0.126. The lowest BCUT2D eigenvalue weighted by molar-refractivity contribution is 0.654. The first-order valence-corrected chi connectivity index (χ1v) is 6.36. The van der Waals surface area contributed by atoms with Gasteiger partial charge < -0.3 is 5.73 Å². The van der Waals surface area contributed by atoms with E-state index in [1.807, 2.05) is 24.4 Å². The highest BCUT2D eigenvalue weighted by Crippen LogP contribution is 2.11. The highest BCUT2D eigenvalue weighted by atomic mass is 14.7. The fourth-order valence-electron chi connectivity index (χ4n) is 2.35. The van der Waals surface area contributed by atoms with Crippen molar-refractivity contribution in [3.63, 3.8) is 0 Å². The molecule has 1 aromatic carbocycles. The predicted molar refractivity (Wildman–Crippen MR) is 75.5 cm³/mol. The molecule has 2 nitrogen and oxygen atoms in total. The second-order valence-electron chi connectivity index (χ2n) is 4.99. The zero-order chi connectivity index (χ0) is 13.0. The minimum Gasteiger partial charge on any atom is -0.327 e. The number of pyridine rings is 1. The van der Waals surface area contributed by atoms with E-state index in [4.69, 9.17) is 5.73 Å². The lowest BCUT2D eigenvalue weighted by Crippen LogP contribution is -2.26. The number of benzene rings is 1. The predicted octanol–water partition coefficient (Wildman–Crippen LogP) is 2.81. The Morgan fingerprint density at radius 1 is 1.06 bits per heavy atom. The standard InChI is InChI=1S/C16H20N2/c1-12-7-13(2)9-14(8-12)10-15(17)11-16-5-3-4-6-18-16/h3-9,15H,10-11,17H2,1-2H3. The molecule has 0 aliphatic carbocycles. The minimum atomic E-state index is 0.126. The van der Waals surface area contributed by atoms with Gasteiger partial charge in [0.2, 0.25) is 0 Å². The van der Waals surface area contributed by atoms with E-state index in [9.17, 15) is 0 Å². The normalized spacial score (nSPS) is 12.4. The Labute approximate surface area is 109 Å². The Bertz CT molecular complexity index is 486. The first-order valence-electron chi connectivity index (χ1n) is 6.36. The summed E-state index contributed by atoms with van der Waals surface area (Å²) < 4.78 is 0. The van der Waals surface area contributed by atoms with E-state index in [1.54, 1.807) is 0 Å². The van der Waals surface area contributed by atoms with E-state index >= 15 is 0 Å². The highest BCUT2D eigenvalue weighted by Gasteiger charge is 2.07. The van der Waals surface area contributed by atoms with Crippen molar-refractivity contribution in [2.75, 3.05) is 0 Å². The average Bonchev–Trinajstić information content (AvgIpc) is 2.28. The molecule has 0 bridgehead atoms. The van der Waals surface area contributed by atoms with Crippen LogP contribution in [-0.4, -0.2) is 11.0 Å². The fourth-order valence-corrected chi connectivity index (χ4v) is 2.35. The van der Waals surface area contributed by atoms with Crippen molar-refractivity contribution in [2.45, 2.75) is 32.7 Å². The van der Waals surface area contributed by atoms with Gasteiger partial charge >= 0.3 is 0 Å². The monoisotopic (exact) mass is 240 g/mol. The maximum absolute atomic E-state index is 6.20. The molecule has 2 aromatic rings. The Kier molecular flexibility index (Phi) is 4.11. The van der Waals surface area contributed by atoms with Gasteiger partial charge in [-0.1, -0.05) is 35.4 Å². The molecule has 0 saturated carbocycles. The van der Waals surface area contributed by atoms with E-state index in [0.29, 0.717) is 0 Å². The average molecular weight is 240 g/mol. The van der Waals surface area contributed by atoms with Gasteiger partial charge in [-0.2, -0.15) is 0 Å². The molecule has 2 rings (SSSR count). The van der Waals surface area contributed by atoms with Gasteiger partial charge in [-0.25, -0.2) is 0 Å². The molecule has 0 aliphatic rings. The third kappa shape index (κ3) is 3.67. The molecule has 0 radical (unpaired) electrons. The summed E-state index contributed by atoms with van der Waals surface area (Å²) >= 11 is 0. The maximum Gasteiger partial charge on any atom is 0.0419 e. The smallest absolute Gasteiger partial charge is 0.0419 e. The summed E-state index contributed by atoms with van der Waals surface area (Å²) in [6.45, 7) is 4.25. The van der Waals surface area contributed by atoms with Crippen LogP contribution in [0, 0.1) is 13.8 Å². The van der Waals surface area contributed by atoms with Gasteiger partial charge in [-0.05, 0) is 38.0 Å². The molecule has 0 spiro atoms. The van der Waals surface area contributed by atoms with Gasteiger partial charge in [0.25, 0.3) is 0 Å². The molecule has 0 amide bonds. The van der Waals surface area contributed by atoms with Gasteiger partial charge in [0, 0.05) is 24.4 Å². The number of aromatic nitrogens is 1. The van der Waals surface area contributed by atoms with E-state index in [1.165, 1.54) is 16.7 Å². The van der Waals surface area contributed by atoms with E-state index in [2.05, 4.69) is 37.0 Å². The van der Waals surface area contributed by atoms with Crippen LogP contribution in [0.3, 0.4) is 0 Å². The van der Waals surface area contributed by atoms with Crippen LogP contribution in [0.5, 0.6) is 0 Å². The van der Waals surface area contributed by atoms with Crippen LogP contribution in [0.15, 0.2) is 42.6 Å². The second kappa shape index (κ2) is 5.78. The third-order valence-corrected chi connectivity index (χ3v) is 2.98. The van der Waals surface area contributed by atoms with Gasteiger partial charge in [0.15, 0.2) is 0 Å². The van der Waals surface area contributed by atoms with E-state index < -0.39 is 0 Å². The highest BCUT2D eigenvalue weighted by molar-refractivity contribution is 5.29. The largest absolute Gasteiger partial charge is 0.327 e. The first-order chi connectivity index (χ1) is 8.63. The number of nitrogens with two attached hydrogens (primary N) is 1. The number of nitrogens with zero attached hydrogens (tertiary/aromatic N) is 1. The van der Waals surface area contributed by atoms with Crippen molar-refractivity contribution >= 4 is 0 Å². The van der Waals surface area contributed by atoms with Crippen molar-refractivity contribution < 1.29 is 0 Å². The van der Waals surface area contributed by atoms with Crippen molar-refractivity contribution in [3.05, 3.63) is 65.0 Å². The van der Waals surface area contributed by atoms with Crippen LogP contribution in [0.1, 0.15) is 22.4 Å². The fraction of sp³-hybridized carbons (Fsp3) is 0.312. The number of hydrogen-bond donors (Lipinski definition) is 1. The lowest BCUT2D eigenvalue weighted by Gasteiger charge is -2.12. The van der Waals surface area contributed by atoms with Crippen LogP contribution in [0.2, 0.25) is 0 Å². The summed E-state index contributed by atoms with van der Waals surface area (Å²) in [5.41, 5.74) is 11.2. The molecule has 1 aromatic heterocycles. The molecule has 2 heteroatoms. The Morgan fingerprint density at radius 3 is 2.39 bits per heavy atom. The Balaban J connectivity index is 2.01. The van der Waals surface area contributed by atoms with E-state index in [0.717, 1.165) is 18.5 Å². The van der Waals surface area contributed by atoms with Crippen molar-refractivity contribution in [3.8, 4) is 0 Å². The van der Waals surface area contributed by atoms with Gasteiger partial charge in [0.05, 0.1) is 0 Å². The molecule has 18 heavy (non-hydrogen) atoms. The molecular weight excluding hydrogens is 220 g/mol. The molecular formula is C16H20N2. The summed E-state index contributed by atoms with van der Waals surface area (Å²) in [4.78, 5) is 4.32. The number of aryl methyl sites for hydroxylation is 2. The Hall–Kier alpha value is -1.67. The molecule has 0 fully saturated rings. The van der Waals surface area contributed by atoms with Gasteiger partial charge in [-0.3, -0.25) is 4.98 Å². The summed E-state index contributed by atoms with van der Waals surface area (Å²) in [7, 11) is 0. The van der Waals surface area contributed by atoms with E-state index in [-0.39, 0.29) is 6.04 Å². The molecule has 94 valence electrons. The molecule has 1 heterocycles. The van der Waals surface area contributed by atoms with Crippen molar-refractivity contribution in [2.24, 2.45) is 5.73 Å². The topological polar surface area (TPSA) is 38.9 Å². The molecule has 2 N–H and O–H groups in total. The Morgan fingerprint density at radius 2 is 1.78 bits per heavy atom. The maximum atomic E-state index is 6.20. The van der Waals surface area contributed by atoms with Crippen LogP contribution in [-0.2, 0) is 12.8 Å². The quantitative estimate of drug-likeness (QED) is 0.892. The second-order valence-corrected chi connectivity index (χ2v) is 4.99. The zero-order valence-electron chi connectivity index (χ0n) is 11.1. The number of hydrogen-bond acceptors (Lipinski definition) is 2. The van der Waals surface area contributed by atoms with Crippen LogP contribution in [0.25, 0.3) is 0 Å². The summed E-state index contributed by atoms with van der Waals surface area (Å²) in [6, 6.07) is 12.7. The first kappa shape index (κ1) is 12.8. The third-order valence-electron chi connectivity index (χ3n) is 2.98.